The lowest BCUT2D eigenvalue weighted by molar-refractivity contribution is 0.568. The number of fused-ring (bicyclic) bond motifs is 6. The lowest BCUT2D eigenvalue weighted by Crippen LogP contribution is -2.17. The molecule has 2 aliphatic rings. The number of rotatable bonds is 12. The molecule has 2 aliphatic carbocycles. The smallest absolute Gasteiger partial charge is 0.0470 e. The Balaban J connectivity index is 0.000000197. The largest absolute Gasteiger partial charge is 0.310 e. The van der Waals surface area contributed by atoms with Gasteiger partial charge in [-0.05, 0) is 283 Å². The molecule has 0 heterocycles. The van der Waals surface area contributed by atoms with Gasteiger partial charge in [0.1, 0.15) is 0 Å². The van der Waals surface area contributed by atoms with Crippen molar-refractivity contribution in [2.45, 2.75) is 274 Å². The molecule has 0 spiro atoms. The van der Waals surface area contributed by atoms with Gasteiger partial charge in [-0.15, -0.1) is 0 Å². The SMILES string of the molecule is CC(C)(C)c1cc(-c2ccc(-c3cc(C(C)(C)C)cc(C(C)(C)C)c3)cc2)cc(N(c2ccc(-c3cc(C(C)(C)C)cc(C(C)(C)C)c3)cc2)c2ccc3c(c2)C(C)(C)c2ccccc2-3)c1.CC(C)(C)c1cccc(-c2ccc(N(c3cc(-c4ccc(-c5cc(C(C)(C)C)cc(C(C)(C)C)c5)cc4)cc(C(C)(C)C)c3)c3ccc4c(c3)C(C)(C)c3ccccc3-4)cc2)c1. The van der Waals surface area contributed by atoms with Crippen LogP contribution >= 0.6 is 0 Å². The van der Waals surface area contributed by atoms with E-state index < -0.39 is 0 Å². The Labute approximate surface area is 771 Å². The van der Waals surface area contributed by atoms with E-state index in [4.69, 9.17) is 0 Å². The fraction of sp³-hybridized carbons (Fsp3) is 0.333. The van der Waals surface area contributed by atoms with Gasteiger partial charge in [0.05, 0.1) is 0 Å². The minimum absolute atomic E-state index is 0.0387. The zero-order valence-corrected chi connectivity index (χ0v) is 83.2. The Hall–Kier alpha value is -11.3. The zero-order valence-electron chi connectivity index (χ0n) is 83.2. The van der Waals surface area contributed by atoms with Gasteiger partial charge in [-0.25, -0.2) is 0 Å². The van der Waals surface area contributed by atoms with Gasteiger partial charge in [0.25, 0.3) is 0 Å². The summed E-state index contributed by atoms with van der Waals surface area (Å²) in [5.74, 6) is 0. The first-order valence-electron chi connectivity index (χ1n) is 47.0. The van der Waals surface area contributed by atoms with Crippen LogP contribution in [0.3, 0.4) is 0 Å². The Kier molecular flexibility index (Phi) is 23.6. The van der Waals surface area contributed by atoms with Crippen LogP contribution < -0.4 is 9.80 Å². The van der Waals surface area contributed by atoms with Crippen molar-refractivity contribution in [3.05, 3.63) is 370 Å². The van der Waals surface area contributed by atoms with Gasteiger partial charge in [-0.3, -0.25) is 0 Å². The first-order chi connectivity index (χ1) is 59.6. The highest BCUT2D eigenvalue weighted by atomic mass is 15.1. The molecule has 16 rings (SSSR count). The van der Waals surface area contributed by atoms with Gasteiger partial charge in [-0.1, -0.05) is 439 Å². The van der Waals surface area contributed by atoms with Crippen molar-refractivity contribution in [3.63, 3.8) is 0 Å². The standard InChI is InChI=1S/C65H75N.C61H67N/c1-60(2,3)48-32-45(33-49(38-48)61(4,5)6)42-22-24-43(25-23-42)47-36-52(64(13,14)15)40-55(37-47)66(54-30-31-57-56-20-18-19-21-58(56)65(16,17)59(57)41-54)53-28-26-44(27-29-53)46-34-50(62(7,8)9)39-51(35-46)63(10,11)12;1-57(2,3)46-19-17-18-43(32-46)40-26-28-50(29-27-40)62(51-30-31-54-53-20-15-16-21-55(53)61(13,14)56(54)39-51)52-36-45(35-49(38-52)60(10,11)12)42-24-22-41(23-25-42)44-33-47(58(4,5)6)37-48(34-44)59(7,8)9/h18-41H,1-17H3;15-39H,1-14H3. The first kappa shape index (κ1) is 91.4. The second kappa shape index (κ2) is 33.0. The molecule has 0 unspecified atom stereocenters. The highest BCUT2D eigenvalue weighted by Gasteiger charge is 2.39. The van der Waals surface area contributed by atoms with Gasteiger partial charge in [0.15, 0.2) is 0 Å². The minimum Gasteiger partial charge on any atom is -0.310 e. The monoisotopic (exact) mass is 1680 g/mol. The van der Waals surface area contributed by atoms with Crippen LogP contribution in [0.4, 0.5) is 34.1 Å². The van der Waals surface area contributed by atoms with Crippen molar-refractivity contribution < 1.29 is 0 Å². The molecule has 0 N–H and O–H groups in total. The molecule has 0 radical (unpaired) electrons. The molecule has 2 nitrogen and oxygen atoms in total. The average molecular weight is 1680 g/mol. The van der Waals surface area contributed by atoms with Crippen molar-refractivity contribution in [2.24, 2.45) is 0 Å². The molecular formula is C126H142N2. The van der Waals surface area contributed by atoms with Crippen LogP contribution in [-0.2, 0) is 59.6 Å². The van der Waals surface area contributed by atoms with Gasteiger partial charge < -0.3 is 9.80 Å². The minimum atomic E-state index is -0.124. The molecule has 0 saturated heterocycles. The maximum absolute atomic E-state index is 2.49. The molecule has 128 heavy (non-hydrogen) atoms. The van der Waals surface area contributed by atoms with Crippen LogP contribution in [0.1, 0.15) is 287 Å². The summed E-state index contributed by atoms with van der Waals surface area (Å²) in [6.07, 6.45) is 0. The summed E-state index contributed by atoms with van der Waals surface area (Å²) in [6, 6.07) is 114. The molecule has 656 valence electrons. The summed E-state index contributed by atoms with van der Waals surface area (Å²) in [7, 11) is 0. The topological polar surface area (TPSA) is 6.48 Å². The zero-order chi connectivity index (χ0) is 92.5. The predicted molar refractivity (Wildman–Crippen MR) is 558 cm³/mol. The average Bonchev–Trinajstić information content (AvgIpc) is 1.59. The second-order valence-corrected chi connectivity index (χ2v) is 47.5. The summed E-state index contributed by atoms with van der Waals surface area (Å²) >= 11 is 0. The Morgan fingerprint density at radius 3 is 0.641 bits per heavy atom. The number of hydrogen-bond donors (Lipinski definition) is 0. The highest BCUT2D eigenvalue weighted by molar-refractivity contribution is 5.91. The molecule has 2 heteroatoms. The summed E-state index contributed by atoms with van der Waals surface area (Å²) in [4.78, 5) is 4.97. The number of nitrogens with zero attached hydrogens (tertiary/aromatic N) is 2. The van der Waals surface area contributed by atoms with Crippen LogP contribution in [0.5, 0.6) is 0 Å². The van der Waals surface area contributed by atoms with Gasteiger partial charge in [0, 0.05) is 45.0 Å². The lowest BCUT2D eigenvalue weighted by Gasteiger charge is -2.30. The third-order valence-electron chi connectivity index (χ3n) is 27.5. The van der Waals surface area contributed by atoms with E-state index in [2.05, 4.69) is 522 Å². The second-order valence-electron chi connectivity index (χ2n) is 47.5. The molecule has 14 aromatic carbocycles. The lowest BCUT2D eigenvalue weighted by atomic mass is 9.79. The highest BCUT2D eigenvalue weighted by Crippen LogP contribution is 2.55. The third kappa shape index (κ3) is 18.8. The number of anilines is 6. The fourth-order valence-electron chi connectivity index (χ4n) is 18.7. The summed E-state index contributed by atoms with van der Waals surface area (Å²) in [6.45, 7) is 72.0. The van der Waals surface area contributed by atoms with Crippen molar-refractivity contribution in [3.8, 4) is 89.0 Å². The third-order valence-corrected chi connectivity index (χ3v) is 27.5. The molecule has 0 fully saturated rings. The van der Waals surface area contributed by atoms with Crippen LogP contribution in [0.2, 0.25) is 0 Å². The van der Waals surface area contributed by atoms with Crippen LogP contribution in [-0.4, -0.2) is 0 Å². The van der Waals surface area contributed by atoms with Crippen molar-refractivity contribution in [1.82, 2.24) is 0 Å². The quantitative estimate of drug-likeness (QED) is 0.120. The molecule has 0 aromatic heterocycles. The van der Waals surface area contributed by atoms with E-state index in [-0.39, 0.29) is 59.6 Å². The van der Waals surface area contributed by atoms with Gasteiger partial charge in [0.2, 0.25) is 0 Å². The summed E-state index contributed by atoms with van der Waals surface area (Å²) < 4.78 is 0. The normalized spacial score (nSPS) is 13.9. The van der Waals surface area contributed by atoms with Crippen LogP contribution in [0.25, 0.3) is 89.0 Å². The van der Waals surface area contributed by atoms with E-state index in [0.717, 1.165) is 34.1 Å². The van der Waals surface area contributed by atoms with Crippen molar-refractivity contribution in [1.29, 1.82) is 0 Å². The first-order valence-corrected chi connectivity index (χ1v) is 47.0. The molecule has 0 amide bonds. The Morgan fingerprint density at radius 2 is 0.367 bits per heavy atom. The molecular weight excluding hydrogens is 1540 g/mol. The number of benzene rings is 14. The van der Waals surface area contributed by atoms with E-state index in [1.807, 2.05) is 0 Å². The van der Waals surface area contributed by atoms with Gasteiger partial charge in [-0.2, -0.15) is 0 Å². The summed E-state index contributed by atoms with van der Waals surface area (Å²) in [5, 5.41) is 0. The molecule has 0 atom stereocenters. The molecule has 0 aliphatic heterocycles. The van der Waals surface area contributed by atoms with E-state index in [1.54, 1.807) is 0 Å². The van der Waals surface area contributed by atoms with Gasteiger partial charge >= 0.3 is 0 Å². The molecule has 0 bridgehead atoms. The number of hydrogen-bond acceptors (Lipinski definition) is 2. The van der Waals surface area contributed by atoms with E-state index in [1.165, 1.54) is 161 Å². The van der Waals surface area contributed by atoms with E-state index >= 15 is 0 Å². The predicted octanol–water partition coefficient (Wildman–Crippen LogP) is 36.6. The Morgan fingerprint density at radius 1 is 0.148 bits per heavy atom. The maximum atomic E-state index is 2.49. The van der Waals surface area contributed by atoms with Crippen molar-refractivity contribution in [2.75, 3.05) is 9.80 Å². The van der Waals surface area contributed by atoms with Crippen molar-refractivity contribution >= 4 is 34.1 Å². The van der Waals surface area contributed by atoms with E-state index in [9.17, 15) is 0 Å². The molecule has 0 saturated carbocycles. The fourth-order valence-corrected chi connectivity index (χ4v) is 18.7. The van der Waals surface area contributed by atoms with E-state index in [0.29, 0.717) is 0 Å². The Bertz CT molecular complexity index is 6380. The van der Waals surface area contributed by atoms with Crippen LogP contribution in [0.15, 0.2) is 297 Å². The molecule has 14 aromatic rings. The maximum Gasteiger partial charge on any atom is 0.0470 e. The van der Waals surface area contributed by atoms with Crippen LogP contribution in [0, 0.1) is 0 Å². The summed E-state index contributed by atoms with van der Waals surface area (Å²) in [5.41, 5.74) is 44.7.